The molecule has 0 saturated heterocycles. The van der Waals surface area contributed by atoms with Crippen LogP contribution in [0.3, 0.4) is 0 Å². The quantitative estimate of drug-likeness (QED) is 0.892. The maximum absolute atomic E-state index is 12.5. The number of carbonyl (C=O) groups excluding carboxylic acids is 1. The second-order valence-electron chi connectivity index (χ2n) is 6.24. The Labute approximate surface area is 147 Å². The van der Waals surface area contributed by atoms with E-state index in [2.05, 4.69) is 15.5 Å². The number of amides is 1. The average molecular weight is 369 g/mol. The third kappa shape index (κ3) is 4.33. The Morgan fingerprint density at radius 2 is 1.96 bits per heavy atom. The number of carbonyl (C=O) groups is 1. The van der Waals surface area contributed by atoms with Gasteiger partial charge in [-0.15, -0.1) is 0 Å². The van der Waals surface area contributed by atoms with Gasteiger partial charge in [0, 0.05) is 18.3 Å². The van der Waals surface area contributed by atoms with Gasteiger partial charge in [-0.05, 0) is 38.7 Å². The topological polar surface area (TPSA) is 77.2 Å². The lowest BCUT2D eigenvalue weighted by Gasteiger charge is -2.29. The molecule has 2 heterocycles. The van der Waals surface area contributed by atoms with Crippen molar-refractivity contribution in [2.75, 3.05) is 0 Å². The summed E-state index contributed by atoms with van der Waals surface area (Å²) in [5.41, 5.74) is -0.391. The number of halogens is 3. The maximum atomic E-state index is 12.5. The van der Waals surface area contributed by atoms with Gasteiger partial charge in [0.2, 0.25) is 5.88 Å². The van der Waals surface area contributed by atoms with Gasteiger partial charge in [-0.3, -0.25) is 4.79 Å². The van der Waals surface area contributed by atoms with Crippen LogP contribution in [0.5, 0.6) is 5.88 Å². The lowest BCUT2D eigenvalue weighted by molar-refractivity contribution is -0.137. The lowest BCUT2D eigenvalue weighted by Crippen LogP contribution is -2.39. The van der Waals surface area contributed by atoms with E-state index in [4.69, 9.17) is 9.26 Å². The second-order valence-corrected chi connectivity index (χ2v) is 6.24. The molecule has 140 valence electrons. The summed E-state index contributed by atoms with van der Waals surface area (Å²) in [5.74, 6) is 0.413. The van der Waals surface area contributed by atoms with Crippen LogP contribution in [0.25, 0.3) is 0 Å². The van der Waals surface area contributed by atoms with Crippen molar-refractivity contribution in [1.82, 2.24) is 15.5 Å². The molecule has 3 rings (SSSR count). The molecular formula is C17H18F3N3O3. The summed E-state index contributed by atoms with van der Waals surface area (Å²) in [5, 5.41) is 6.52. The summed E-state index contributed by atoms with van der Waals surface area (Å²) in [7, 11) is 0. The van der Waals surface area contributed by atoms with Gasteiger partial charge in [0.1, 0.15) is 17.4 Å². The molecule has 0 spiro atoms. The molecule has 1 aliphatic rings. The van der Waals surface area contributed by atoms with E-state index in [1.807, 2.05) is 0 Å². The molecular weight excluding hydrogens is 351 g/mol. The van der Waals surface area contributed by atoms with Crippen molar-refractivity contribution in [3.63, 3.8) is 0 Å². The van der Waals surface area contributed by atoms with Gasteiger partial charge in [0.05, 0.1) is 11.8 Å². The van der Waals surface area contributed by atoms with Gasteiger partial charge in [-0.1, -0.05) is 5.16 Å². The van der Waals surface area contributed by atoms with Gasteiger partial charge >= 0.3 is 6.18 Å². The highest BCUT2D eigenvalue weighted by molar-refractivity contribution is 5.94. The second kappa shape index (κ2) is 7.35. The third-order valence-corrected chi connectivity index (χ3v) is 4.36. The van der Waals surface area contributed by atoms with Crippen molar-refractivity contribution in [2.24, 2.45) is 0 Å². The normalized spacial score (nSPS) is 20.6. The van der Waals surface area contributed by atoms with Crippen molar-refractivity contribution in [2.45, 2.75) is 50.9 Å². The predicted molar refractivity (Wildman–Crippen MR) is 84.6 cm³/mol. The molecule has 2 aromatic heterocycles. The highest BCUT2D eigenvalue weighted by Crippen LogP contribution is 2.30. The molecule has 0 bridgehead atoms. The average Bonchev–Trinajstić information content (AvgIpc) is 3.02. The van der Waals surface area contributed by atoms with Crippen LogP contribution in [-0.2, 0) is 6.18 Å². The zero-order chi connectivity index (χ0) is 18.7. The summed E-state index contributed by atoms with van der Waals surface area (Å²) in [4.78, 5) is 15.9. The number of rotatable bonds is 4. The standard InChI is InChI=1S/C17H18F3N3O3/c1-10-14(9-22-26-10)16(24)23-12-3-5-13(6-4-12)25-15-7-2-11(8-21-15)17(18,19)20/h2,7-9,12-13H,3-6H2,1H3,(H,23,24). The largest absolute Gasteiger partial charge is 0.474 e. The van der Waals surface area contributed by atoms with Crippen molar-refractivity contribution in [3.8, 4) is 5.88 Å². The van der Waals surface area contributed by atoms with Crippen molar-refractivity contribution >= 4 is 5.91 Å². The Balaban J connectivity index is 1.48. The first-order chi connectivity index (χ1) is 12.3. The Bertz CT molecular complexity index is 751. The number of nitrogens with one attached hydrogen (secondary N) is 1. The van der Waals surface area contributed by atoms with Crippen LogP contribution in [0.2, 0.25) is 0 Å². The third-order valence-electron chi connectivity index (χ3n) is 4.36. The van der Waals surface area contributed by atoms with Gasteiger partial charge in [0.25, 0.3) is 5.91 Å². The van der Waals surface area contributed by atoms with E-state index >= 15 is 0 Å². The summed E-state index contributed by atoms with van der Waals surface area (Å²) >= 11 is 0. The van der Waals surface area contributed by atoms with Crippen molar-refractivity contribution in [3.05, 3.63) is 41.4 Å². The Morgan fingerprint density at radius 3 is 2.50 bits per heavy atom. The maximum Gasteiger partial charge on any atom is 0.417 e. The molecule has 6 nitrogen and oxygen atoms in total. The Morgan fingerprint density at radius 1 is 1.23 bits per heavy atom. The minimum Gasteiger partial charge on any atom is -0.474 e. The predicted octanol–water partition coefficient (Wildman–Crippen LogP) is 3.52. The fraction of sp³-hybridized carbons (Fsp3) is 0.471. The number of aryl methyl sites for hydroxylation is 1. The number of hydrogen-bond donors (Lipinski definition) is 1. The number of aromatic nitrogens is 2. The van der Waals surface area contributed by atoms with Crippen LogP contribution in [0.4, 0.5) is 13.2 Å². The Kier molecular flexibility index (Phi) is 5.15. The first kappa shape index (κ1) is 18.2. The zero-order valence-corrected chi connectivity index (χ0v) is 14.0. The minimum absolute atomic E-state index is 0.0113. The number of hydrogen-bond acceptors (Lipinski definition) is 5. The number of pyridine rings is 1. The van der Waals surface area contributed by atoms with Crippen LogP contribution in [0, 0.1) is 6.92 Å². The van der Waals surface area contributed by atoms with E-state index in [1.165, 1.54) is 12.3 Å². The smallest absolute Gasteiger partial charge is 0.417 e. The van der Waals surface area contributed by atoms with E-state index in [-0.39, 0.29) is 23.9 Å². The molecule has 0 atom stereocenters. The molecule has 0 radical (unpaired) electrons. The molecule has 1 fully saturated rings. The van der Waals surface area contributed by atoms with Crippen LogP contribution < -0.4 is 10.1 Å². The molecule has 0 aliphatic heterocycles. The monoisotopic (exact) mass is 369 g/mol. The molecule has 26 heavy (non-hydrogen) atoms. The van der Waals surface area contributed by atoms with Gasteiger partial charge in [-0.25, -0.2) is 4.98 Å². The van der Waals surface area contributed by atoms with E-state index in [0.29, 0.717) is 37.0 Å². The molecule has 1 saturated carbocycles. The number of alkyl halides is 3. The first-order valence-corrected chi connectivity index (χ1v) is 8.25. The summed E-state index contributed by atoms with van der Waals surface area (Å²) in [6.45, 7) is 1.67. The van der Waals surface area contributed by atoms with Crippen LogP contribution >= 0.6 is 0 Å². The fourth-order valence-corrected chi connectivity index (χ4v) is 2.89. The number of ether oxygens (including phenoxy) is 1. The van der Waals surface area contributed by atoms with Crippen molar-refractivity contribution < 1.29 is 27.2 Å². The van der Waals surface area contributed by atoms with E-state index in [0.717, 1.165) is 12.3 Å². The summed E-state index contributed by atoms with van der Waals surface area (Å²) < 4.78 is 48.1. The minimum atomic E-state index is -4.41. The van der Waals surface area contributed by atoms with Gasteiger partial charge < -0.3 is 14.6 Å². The highest BCUT2D eigenvalue weighted by atomic mass is 19.4. The molecule has 1 N–H and O–H groups in total. The van der Waals surface area contributed by atoms with Crippen LogP contribution in [0.15, 0.2) is 29.0 Å². The van der Waals surface area contributed by atoms with Gasteiger partial charge in [0.15, 0.2) is 0 Å². The van der Waals surface area contributed by atoms with E-state index in [1.54, 1.807) is 6.92 Å². The molecule has 0 unspecified atom stereocenters. The summed E-state index contributed by atoms with van der Waals surface area (Å²) in [6.07, 6.45) is 0.377. The van der Waals surface area contributed by atoms with Gasteiger partial charge in [-0.2, -0.15) is 13.2 Å². The molecule has 1 aliphatic carbocycles. The van der Waals surface area contributed by atoms with Crippen LogP contribution in [-0.4, -0.2) is 28.2 Å². The lowest BCUT2D eigenvalue weighted by atomic mass is 9.92. The zero-order valence-electron chi connectivity index (χ0n) is 14.0. The molecule has 1 amide bonds. The summed E-state index contributed by atoms with van der Waals surface area (Å²) in [6, 6.07) is 2.19. The molecule has 9 heteroatoms. The fourth-order valence-electron chi connectivity index (χ4n) is 2.89. The molecule has 0 aromatic carbocycles. The SMILES string of the molecule is Cc1oncc1C(=O)NC1CCC(Oc2ccc(C(F)(F)F)cn2)CC1. The first-order valence-electron chi connectivity index (χ1n) is 8.25. The van der Waals surface area contributed by atoms with Crippen molar-refractivity contribution in [1.29, 1.82) is 0 Å². The highest BCUT2D eigenvalue weighted by Gasteiger charge is 2.31. The van der Waals surface area contributed by atoms with E-state index < -0.39 is 11.7 Å². The van der Waals surface area contributed by atoms with Crippen LogP contribution in [0.1, 0.15) is 47.4 Å². The number of nitrogens with zero attached hydrogens (tertiary/aromatic N) is 2. The van der Waals surface area contributed by atoms with E-state index in [9.17, 15) is 18.0 Å². The molecule has 2 aromatic rings. The Hall–Kier alpha value is -2.58.